The van der Waals surface area contributed by atoms with Gasteiger partial charge in [-0.05, 0) is 25.0 Å². The molecular formula is C15H19NO3S2. The summed E-state index contributed by atoms with van der Waals surface area (Å²) in [5, 5.41) is 9.14. The summed E-state index contributed by atoms with van der Waals surface area (Å²) < 4.78 is 27.8. The zero-order valence-electron chi connectivity index (χ0n) is 12.0. The highest BCUT2D eigenvalue weighted by atomic mass is 32.2. The van der Waals surface area contributed by atoms with E-state index < -0.39 is 10.0 Å². The lowest BCUT2D eigenvalue weighted by atomic mass is 10.1. The minimum absolute atomic E-state index is 0.142. The fraction of sp³-hybridized carbons (Fsp3) is 0.333. The Bertz CT molecular complexity index is 693. The fourth-order valence-corrected chi connectivity index (χ4v) is 5.00. The first kappa shape index (κ1) is 16.2. The lowest BCUT2D eigenvalue weighted by molar-refractivity contribution is 0.285. The SMILES string of the molecule is CCC(NS(=O)(=O)c1cc(CO)sc1C)c1ccccc1. The Morgan fingerprint density at radius 3 is 2.48 bits per heavy atom. The van der Waals surface area contributed by atoms with E-state index in [0.717, 1.165) is 5.56 Å². The minimum Gasteiger partial charge on any atom is -0.391 e. The van der Waals surface area contributed by atoms with Gasteiger partial charge in [-0.2, -0.15) is 0 Å². The van der Waals surface area contributed by atoms with Gasteiger partial charge in [0.2, 0.25) is 10.0 Å². The average Bonchev–Trinajstić information content (AvgIpc) is 2.88. The largest absolute Gasteiger partial charge is 0.391 e. The van der Waals surface area contributed by atoms with Crippen LogP contribution in [0.4, 0.5) is 0 Å². The molecule has 1 aromatic heterocycles. The van der Waals surface area contributed by atoms with Crippen molar-refractivity contribution in [2.24, 2.45) is 0 Å². The van der Waals surface area contributed by atoms with E-state index in [0.29, 0.717) is 16.2 Å². The fourth-order valence-electron chi connectivity index (χ4n) is 2.19. The number of aliphatic hydroxyl groups is 1. The molecule has 1 atom stereocenters. The van der Waals surface area contributed by atoms with Crippen LogP contribution in [0.25, 0.3) is 0 Å². The molecule has 4 nitrogen and oxygen atoms in total. The first-order chi connectivity index (χ1) is 9.97. The van der Waals surface area contributed by atoms with Crippen molar-refractivity contribution in [2.45, 2.75) is 37.8 Å². The predicted molar refractivity (Wildman–Crippen MR) is 84.8 cm³/mol. The van der Waals surface area contributed by atoms with Gasteiger partial charge in [0.05, 0.1) is 11.5 Å². The number of nitrogens with one attached hydrogen (secondary N) is 1. The molecule has 0 spiro atoms. The molecule has 0 radical (unpaired) electrons. The van der Waals surface area contributed by atoms with E-state index in [1.54, 1.807) is 13.0 Å². The lowest BCUT2D eigenvalue weighted by Gasteiger charge is -2.17. The Balaban J connectivity index is 2.29. The zero-order chi connectivity index (χ0) is 15.5. The van der Waals surface area contributed by atoms with Gasteiger partial charge in [-0.1, -0.05) is 37.3 Å². The molecule has 6 heteroatoms. The summed E-state index contributed by atoms with van der Waals surface area (Å²) in [6, 6.07) is 10.8. The Morgan fingerprint density at radius 2 is 1.95 bits per heavy atom. The molecule has 2 rings (SSSR count). The number of benzene rings is 1. The van der Waals surface area contributed by atoms with Gasteiger partial charge >= 0.3 is 0 Å². The first-order valence-corrected chi connectivity index (χ1v) is 9.05. The van der Waals surface area contributed by atoms with Gasteiger partial charge in [-0.3, -0.25) is 0 Å². The second kappa shape index (κ2) is 6.70. The molecule has 0 aliphatic carbocycles. The van der Waals surface area contributed by atoms with Crippen LogP contribution in [0.5, 0.6) is 0 Å². The number of sulfonamides is 1. The van der Waals surface area contributed by atoms with Crippen LogP contribution in [0, 0.1) is 6.92 Å². The van der Waals surface area contributed by atoms with Gasteiger partial charge in [0.25, 0.3) is 0 Å². The maximum atomic E-state index is 12.5. The first-order valence-electron chi connectivity index (χ1n) is 6.75. The molecule has 0 bridgehead atoms. The van der Waals surface area contributed by atoms with E-state index in [1.807, 2.05) is 37.3 Å². The summed E-state index contributed by atoms with van der Waals surface area (Å²) in [7, 11) is -3.59. The maximum Gasteiger partial charge on any atom is 0.242 e. The molecule has 114 valence electrons. The standard InChI is InChI=1S/C15H19NO3S2/c1-3-14(12-7-5-4-6-8-12)16-21(18,19)15-9-13(10-17)20-11(15)2/h4-9,14,16-17H,3,10H2,1-2H3. The van der Waals surface area contributed by atoms with Gasteiger partial charge in [0.15, 0.2) is 0 Å². The molecule has 2 aromatic rings. The van der Waals surface area contributed by atoms with E-state index in [4.69, 9.17) is 5.11 Å². The van der Waals surface area contributed by atoms with Gasteiger partial charge in [0.1, 0.15) is 0 Å². The monoisotopic (exact) mass is 325 g/mol. The number of aliphatic hydroxyl groups excluding tert-OH is 1. The molecule has 1 aromatic carbocycles. The third-order valence-corrected chi connectivity index (χ3v) is 6.04. The van der Waals surface area contributed by atoms with Crippen LogP contribution in [0.3, 0.4) is 0 Å². The van der Waals surface area contributed by atoms with Crippen molar-refractivity contribution in [3.8, 4) is 0 Å². The normalized spacial score (nSPS) is 13.3. The van der Waals surface area contributed by atoms with Gasteiger partial charge in [-0.25, -0.2) is 13.1 Å². The number of hydrogen-bond donors (Lipinski definition) is 2. The number of thiophene rings is 1. The highest BCUT2D eigenvalue weighted by molar-refractivity contribution is 7.89. The molecule has 21 heavy (non-hydrogen) atoms. The van der Waals surface area contributed by atoms with Crippen molar-refractivity contribution < 1.29 is 13.5 Å². The molecule has 2 N–H and O–H groups in total. The van der Waals surface area contributed by atoms with Crippen molar-refractivity contribution in [2.75, 3.05) is 0 Å². The summed E-state index contributed by atoms with van der Waals surface area (Å²) in [5.74, 6) is 0. The van der Waals surface area contributed by atoms with Crippen molar-refractivity contribution in [3.63, 3.8) is 0 Å². The van der Waals surface area contributed by atoms with Gasteiger partial charge < -0.3 is 5.11 Å². The van der Waals surface area contributed by atoms with Crippen LogP contribution in [-0.2, 0) is 16.6 Å². The Morgan fingerprint density at radius 1 is 1.29 bits per heavy atom. The minimum atomic E-state index is -3.59. The highest BCUT2D eigenvalue weighted by Crippen LogP contribution is 2.27. The Hall–Kier alpha value is -1.21. The molecule has 0 aliphatic heterocycles. The van der Waals surface area contributed by atoms with Gasteiger partial charge in [-0.15, -0.1) is 11.3 Å². The molecule has 0 saturated carbocycles. The zero-order valence-corrected chi connectivity index (χ0v) is 13.7. The highest BCUT2D eigenvalue weighted by Gasteiger charge is 2.23. The van der Waals surface area contributed by atoms with Crippen LogP contribution in [0.2, 0.25) is 0 Å². The summed E-state index contributed by atoms with van der Waals surface area (Å²) in [4.78, 5) is 1.60. The molecule has 0 aliphatic rings. The van der Waals surface area contributed by atoms with Crippen molar-refractivity contribution in [1.29, 1.82) is 0 Å². The number of hydrogen-bond acceptors (Lipinski definition) is 4. The Kier molecular flexibility index (Phi) is 5.16. The lowest BCUT2D eigenvalue weighted by Crippen LogP contribution is -2.28. The van der Waals surface area contributed by atoms with Crippen molar-refractivity contribution in [1.82, 2.24) is 4.72 Å². The molecule has 0 fully saturated rings. The van der Waals surface area contributed by atoms with Crippen LogP contribution in [0.1, 0.15) is 34.7 Å². The predicted octanol–water partition coefficient (Wildman–Crippen LogP) is 2.98. The van der Waals surface area contributed by atoms with Crippen LogP contribution >= 0.6 is 11.3 Å². The van der Waals surface area contributed by atoms with E-state index in [9.17, 15) is 8.42 Å². The van der Waals surface area contributed by atoms with E-state index in [-0.39, 0.29) is 17.5 Å². The third kappa shape index (κ3) is 3.71. The summed E-state index contributed by atoms with van der Waals surface area (Å²) >= 11 is 1.30. The van der Waals surface area contributed by atoms with Crippen LogP contribution in [-0.4, -0.2) is 13.5 Å². The number of aryl methyl sites for hydroxylation is 1. The smallest absolute Gasteiger partial charge is 0.242 e. The maximum absolute atomic E-state index is 12.5. The second-order valence-electron chi connectivity index (χ2n) is 4.78. The second-order valence-corrected chi connectivity index (χ2v) is 7.81. The Labute approximate surface area is 129 Å². The van der Waals surface area contributed by atoms with Crippen LogP contribution in [0.15, 0.2) is 41.3 Å². The summed E-state index contributed by atoms with van der Waals surface area (Å²) in [5.41, 5.74) is 0.943. The molecule has 0 amide bonds. The van der Waals surface area contributed by atoms with E-state index >= 15 is 0 Å². The van der Waals surface area contributed by atoms with Gasteiger partial charge in [0, 0.05) is 15.8 Å². The quantitative estimate of drug-likeness (QED) is 0.858. The topological polar surface area (TPSA) is 66.4 Å². The van der Waals surface area contributed by atoms with Crippen molar-refractivity contribution in [3.05, 3.63) is 51.7 Å². The van der Waals surface area contributed by atoms with Crippen LogP contribution < -0.4 is 4.72 Å². The number of rotatable bonds is 6. The molecule has 0 saturated heterocycles. The van der Waals surface area contributed by atoms with E-state index in [1.165, 1.54) is 11.3 Å². The summed E-state index contributed by atoms with van der Waals surface area (Å²) in [6.07, 6.45) is 0.666. The molecule has 1 unspecified atom stereocenters. The molecular weight excluding hydrogens is 306 g/mol. The molecule has 1 heterocycles. The summed E-state index contributed by atoms with van der Waals surface area (Å²) in [6.45, 7) is 3.55. The van der Waals surface area contributed by atoms with Crippen molar-refractivity contribution >= 4 is 21.4 Å². The third-order valence-electron chi connectivity index (χ3n) is 3.28. The van der Waals surface area contributed by atoms with E-state index in [2.05, 4.69) is 4.72 Å². The average molecular weight is 325 g/mol.